The number of carbonyl (C=O) groups excluding carboxylic acids is 1. The summed E-state index contributed by atoms with van der Waals surface area (Å²) in [7, 11) is 1.50. The van der Waals surface area contributed by atoms with Crippen LogP contribution in [-0.2, 0) is 9.53 Å². The van der Waals surface area contributed by atoms with Gasteiger partial charge in [-0.1, -0.05) is 47.7 Å². The lowest BCUT2D eigenvalue weighted by atomic mass is 9.95. The van der Waals surface area contributed by atoms with Crippen LogP contribution in [0.2, 0.25) is 0 Å². The number of hydrogen-bond donors (Lipinski definition) is 0. The number of halogens is 2. The molecule has 4 rings (SSSR count). The lowest BCUT2D eigenvalue weighted by Gasteiger charge is -2.25. The molecule has 0 bridgehead atoms. The lowest BCUT2D eigenvalue weighted by Crippen LogP contribution is -2.40. The maximum atomic E-state index is 13.6. The number of alkyl halides is 2. The van der Waals surface area contributed by atoms with Gasteiger partial charge in [-0.05, 0) is 32.1 Å². The fourth-order valence-corrected chi connectivity index (χ4v) is 4.96. The van der Waals surface area contributed by atoms with Crippen molar-refractivity contribution in [3.05, 3.63) is 90.6 Å². The number of ether oxygens (including phenoxy) is 3. The molecule has 1 atom stereocenters. The summed E-state index contributed by atoms with van der Waals surface area (Å²) < 4.78 is 42.8. The van der Waals surface area contributed by atoms with Gasteiger partial charge in [-0.25, -0.2) is 9.79 Å². The van der Waals surface area contributed by atoms with Gasteiger partial charge in [0.25, 0.3) is 5.56 Å². The third kappa shape index (κ3) is 4.74. The first-order valence-electron chi connectivity index (χ1n) is 10.7. The highest BCUT2D eigenvalue weighted by Gasteiger charge is 2.34. The van der Waals surface area contributed by atoms with E-state index < -0.39 is 24.2 Å². The number of thiazole rings is 1. The molecule has 0 saturated heterocycles. The molecule has 10 heteroatoms. The number of para-hydroxylation sites is 2. The van der Waals surface area contributed by atoms with Crippen molar-refractivity contribution in [1.29, 1.82) is 0 Å². The Hall–Kier alpha value is -3.79. The van der Waals surface area contributed by atoms with Crippen LogP contribution >= 0.6 is 11.3 Å². The van der Waals surface area contributed by atoms with E-state index in [0.29, 0.717) is 27.4 Å². The largest absolute Gasteiger partial charge is 0.496 e. The highest BCUT2D eigenvalue weighted by atomic mass is 32.1. The summed E-state index contributed by atoms with van der Waals surface area (Å²) in [6.45, 7) is 0.517. The highest BCUT2D eigenvalue weighted by Crippen LogP contribution is 2.35. The van der Waals surface area contributed by atoms with E-state index in [1.165, 1.54) is 23.8 Å². The number of nitrogens with zero attached hydrogens (tertiary/aromatic N) is 2. The molecule has 0 aliphatic carbocycles. The number of allylic oxidation sites excluding steroid dienone is 1. The van der Waals surface area contributed by atoms with Gasteiger partial charge in [0.05, 0.1) is 29.5 Å². The van der Waals surface area contributed by atoms with Crippen LogP contribution in [0.15, 0.2) is 69.6 Å². The second-order valence-electron chi connectivity index (χ2n) is 7.46. The van der Waals surface area contributed by atoms with Gasteiger partial charge >= 0.3 is 12.6 Å². The first-order valence-corrected chi connectivity index (χ1v) is 11.5. The molecule has 1 aliphatic rings. The van der Waals surface area contributed by atoms with Crippen molar-refractivity contribution >= 4 is 23.4 Å². The lowest BCUT2D eigenvalue weighted by molar-refractivity contribution is -0.139. The Bertz CT molecular complexity index is 1480. The third-order valence-corrected chi connectivity index (χ3v) is 6.36. The Morgan fingerprint density at radius 3 is 2.54 bits per heavy atom. The summed E-state index contributed by atoms with van der Waals surface area (Å²) in [5, 5.41) is 0. The average Bonchev–Trinajstić information content (AvgIpc) is 3.13. The SMILES string of the molecule is CCOC(=O)C1=C(C)N=c2s/c(=C/c3ccccc3OC(F)F)c(=O)n2[C@H]1c1ccccc1OC. The van der Waals surface area contributed by atoms with E-state index in [0.717, 1.165) is 11.3 Å². The number of hydrogen-bond acceptors (Lipinski definition) is 7. The van der Waals surface area contributed by atoms with Crippen LogP contribution in [-0.4, -0.2) is 30.9 Å². The van der Waals surface area contributed by atoms with Crippen LogP contribution in [0.5, 0.6) is 11.5 Å². The number of benzene rings is 2. The fraction of sp³-hybridized carbons (Fsp3) is 0.240. The van der Waals surface area contributed by atoms with Crippen molar-refractivity contribution in [3.8, 4) is 11.5 Å². The Morgan fingerprint density at radius 2 is 1.86 bits per heavy atom. The average molecular weight is 501 g/mol. The zero-order valence-electron chi connectivity index (χ0n) is 19.2. The van der Waals surface area contributed by atoms with Gasteiger partial charge in [-0.2, -0.15) is 8.78 Å². The molecule has 2 aromatic carbocycles. The molecule has 7 nitrogen and oxygen atoms in total. The van der Waals surface area contributed by atoms with Gasteiger partial charge < -0.3 is 14.2 Å². The summed E-state index contributed by atoms with van der Waals surface area (Å²) in [4.78, 5) is 31.5. The number of methoxy groups -OCH3 is 1. The molecule has 3 aromatic rings. The minimum absolute atomic E-state index is 0.0574. The normalized spacial score (nSPS) is 15.6. The predicted octanol–water partition coefficient (Wildman–Crippen LogP) is 3.41. The van der Waals surface area contributed by atoms with Crippen molar-refractivity contribution in [2.45, 2.75) is 26.5 Å². The first kappa shape index (κ1) is 24.3. The van der Waals surface area contributed by atoms with E-state index in [2.05, 4.69) is 9.73 Å². The molecule has 0 saturated carbocycles. The van der Waals surface area contributed by atoms with Crippen molar-refractivity contribution in [2.24, 2.45) is 4.99 Å². The number of aromatic nitrogens is 1. The Morgan fingerprint density at radius 1 is 1.17 bits per heavy atom. The highest BCUT2D eigenvalue weighted by molar-refractivity contribution is 7.07. The third-order valence-electron chi connectivity index (χ3n) is 5.37. The summed E-state index contributed by atoms with van der Waals surface area (Å²) >= 11 is 1.09. The quantitative estimate of drug-likeness (QED) is 0.465. The smallest absolute Gasteiger partial charge is 0.387 e. The second kappa shape index (κ2) is 10.2. The zero-order chi connectivity index (χ0) is 25.1. The Balaban J connectivity index is 1.97. The molecular formula is C25H22F2N2O5S. The number of carbonyl (C=O) groups is 1. The molecule has 1 aliphatic heterocycles. The molecule has 182 valence electrons. The standard InChI is InChI=1S/C25H22F2N2O5S/c1-4-33-23(31)20-14(2)28-25-29(21(20)16-10-6-8-12-18(16)32-3)22(30)19(35-25)13-15-9-5-7-11-17(15)34-24(26)27/h5-13,21,24H,4H2,1-3H3/b19-13+/t21-/m0/s1. The fourth-order valence-electron chi connectivity index (χ4n) is 3.92. The second-order valence-corrected chi connectivity index (χ2v) is 8.47. The maximum absolute atomic E-state index is 13.6. The number of esters is 1. The van der Waals surface area contributed by atoms with Gasteiger partial charge in [0, 0.05) is 11.1 Å². The Kier molecular flexibility index (Phi) is 7.11. The number of fused-ring (bicyclic) bond motifs is 1. The predicted molar refractivity (Wildman–Crippen MR) is 126 cm³/mol. The molecule has 0 fully saturated rings. The van der Waals surface area contributed by atoms with Crippen molar-refractivity contribution in [1.82, 2.24) is 4.57 Å². The minimum Gasteiger partial charge on any atom is -0.496 e. The molecule has 0 radical (unpaired) electrons. The van der Waals surface area contributed by atoms with Crippen LogP contribution < -0.4 is 24.4 Å². The van der Waals surface area contributed by atoms with Gasteiger partial charge in [0.2, 0.25) is 0 Å². The molecule has 0 amide bonds. The molecule has 0 N–H and O–H groups in total. The van der Waals surface area contributed by atoms with Crippen molar-refractivity contribution in [2.75, 3.05) is 13.7 Å². The van der Waals surface area contributed by atoms with Crippen molar-refractivity contribution < 1.29 is 27.8 Å². The maximum Gasteiger partial charge on any atom is 0.387 e. The van der Waals surface area contributed by atoms with E-state index in [4.69, 9.17) is 9.47 Å². The molecule has 35 heavy (non-hydrogen) atoms. The van der Waals surface area contributed by atoms with E-state index in [1.54, 1.807) is 56.3 Å². The zero-order valence-corrected chi connectivity index (χ0v) is 20.0. The van der Waals surface area contributed by atoms with Crippen LogP contribution in [0.25, 0.3) is 6.08 Å². The van der Waals surface area contributed by atoms with Crippen LogP contribution in [0.3, 0.4) is 0 Å². The minimum atomic E-state index is -3.01. The van der Waals surface area contributed by atoms with Gasteiger partial charge in [0.15, 0.2) is 4.80 Å². The monoisotopic (exact) mass is 500 g/mol. The molecule has 1 aromatic heterocycles. The van der Waals surface area contributed by atoms with Crippen LogP contribution in [0.4, 0.5) is 8.78 Å². The molecule has 0 spiro atoms. The number of rotatable bonds is 7. The first-order chi connectivity index (χ1) is 16.8. The van der Waals surface area contributed by atoms with E-state index in [-0.39, 0.29) is 22.5 Å². The van der Waals surface area contributed by atoms with Crippen molar-refractivity contribution in [3.63, 3.8) is 0 Å². The van der Waals surface area contributed by atoms with E-state index in [9.17, 15) is 18.4 Å². The van der Waals surface area contributed by atoms with Gasteiger partial charge in [-0.15, -0.1) is 0 Å². The molecular weight excluding hydrogens is 478 g/mol. The summed E-state index contributed by atoms with van der Waals surface area (Å²) in [5.41, 5.74) is 1.09. The summed E-state index contributed by atoms with van der Waals surface area (Å²) in [5.74, 6) is -0.160. The van der Waals surface area contributed by atoms with E-state index in [1.807, 2.05) is 0 Å². The summed E-state index contributed by atoms with van der Waals surface area (Å²) in [6.07, 6.45) is 1.48. The van der Waals surface area contributed by atoms with E-state index >= 15 is 0 Å². The van der Waals surface area contributed by atoms with Gasteiger partial charge in [0.1, 0.15) is 17.5 Å². The van der Waals surface area contributed by atoms with Crippen LogP contribution in [0, 0.1) is 0 Å². The van der Waals surface area contributed by atoms with Crippen LogP contribution in [0.1, 0.15) is 31.0 Å². The molecule has 2 heterocycles. The summed E-state index contributed by atoms with van der Waals surface area (Å²) in [6, 6.07) is 12.4. The van der Waals surface area contributed by atoms with Gasteiger partial charge in [-0.3, -0.25) is 9.36 Å². The topological polar surface area (TPSA) is 79.1 Å². The Labute approximate surface area is 203 Å². The molecule has 0 unspecified atom stereocenters.